The maximum Gasteiger partial charge on any atom is 0.340 e. The molecule has 0 aromatic heterocycles. The Labute approximate surface area is 156 Å². The first kappa shape index (κ1) is 18.2. The molecule has 1 atom stereocenters. The van der Waals surface area contributed by atoms with Crippen LogP contribution in [-0.2, 0) is 20.4 Å². The molecule has 0 N–H and O–H groups in total. The molecule has 0 aliphatic heterocycles. The van der Waals surface area contributed by atoms with E-state index in [2.05, 4.69) is 30.3 Å². The van der Waals surface area contributed by atoms with Gasteiger partial charge in [0.25, 0.3) is 0 Å². The SMILES string of the molecule is COC(C)OC(=O)c1cccc([S+](c2ccccc2)c2ccccc2)c1. The Hall–Kier alpha value is -2.56. The number of methoxy groups -OCH3 is 1. The number of rotatable bonds is 6. The average molecular weight is 365 g/mol. The highest BCUT2D eigenvalue weighted by Crippen LogP contribution is 2.31. The van der Waals surface area contributed by atoms with Crippen molar-refractivity contribution in [3.05, 3.63) is 90.5 Å². The van der Waals surface area contributed by atoms with Crippen molar-refractivity contribution >= 4 is 16.9 Å². The lowest BCUT2D eigenvalue weighted by molar-refractivity contribution is -0.0773. The number of esters is 1. The second-order valence-corrected chi connectivity index (χ2v) is 7.70. The number of hydrogen-bond acceptors (Lipinski definition) is 3. The largest absolute Gasteiger partial charge is 0.432 e. The van der Waals surface area contributed by atoms with E-state index in [1.807, 2.05) is 48.5 Å². The minimum Gasteiger partial charge on any atom is -0.432 e. The highest BCUT2D eigenvalue weighted by atomic mass is 32.2. The molecule has 4 heteroatoms. The number of carbonyl (C=O) groups is 1. The van der Waals surface area contributed by atoms with Crippen LogP contribution in [0.3, 0.4) is 0 Å². The van der Waals surface area contributed by atoms with Crippen LogP contribution in [0.2, 0.25) is 0 Å². The standard InChI is InChI=1S/C22H21O3S/c1-17(24-2)25-22(23)18-10-9-15-21(16-18)26(19-11-5-3-6-12-19)20-13-7-4-8-14-20/h3-17H,1-2H3/q+1. The maximum atomic E-state index is 12.4. The van der Waals surface area contributed by atoms with Crippen LogP contribution in [0.25, 0.3) is 0 Å². The molecule has 0 spiro atoms. The summed E-state index contributed by atoms with van der Waals surface area (Å²) in [6, 6.07) is 28.3. The summed E-state index contributed by atoms with van der Waals surface area (Å²) in [5.41, 5.74) is 0.524. The molecule has 3 rings (SSSR count). The average Bonchev–Trinajstić information content (AvgIpc) is 2.70. The van der Waals surface area contributed by atoms with Gasteiger partial charge < -0.3 is 9.47 Å². The van der Waals surface area contributed by atoms with Crippen molar-refractivity contribution < 1.29 is 14.3 Å². The Morgan fingerprint density at radius 1 is 0.808 bits per heavy atom. The van der Waals surface area contributed by atoms with Crippen molar-refractivity contribution in [2.45, 2.75) is 27.9 Å². The van der Waals surface area contributed by atoms with Crippen LogP contribution in [0.15, 0.2) is 99.6 Å². The molecule has 0 fully saturated rings. The first-order valence-corrected chi connectivity index (χ1v) is 9.60. The first-order chi connectivity index (χ1) is 12.7. The number of carbonyl (C=O) groups excluding carboxylic acids is 1. The molecule has 0 saturated heterocycles. The van der Waals surface area contributed by atoms with Crippen molar-refractivity contribution in [1.82, 2.24) is 0 Å². The fraction of sp³-hybridized carbons (Fsp3) is 0.136. The molecule has 3 nitrogen and oxygen atoms in total. The summed E-state index contributed by atoms with van der Waals surface area (Å²) >= 11 is 0. The normalized spacial score (nSPS) is 12.0. The van der Waals surface area contributed by atoms with Gasteiger partial charge in [-0.2, -0.15) is 0 Å². The van der Waals surface area contributed by atoms with E-state index in [9.17, 15) is 4.79 Å². The molecular weight excluding hydrogens is 344 g/mol. The maximum absolute atomic E-state index is 12.4. The van der Waals surface area contributed by atoms with E-state index in [-0.39, 0.29) is 16.9 Å². The monoisotopic (exact) mass is 365 g/mol. The molecule has 0 radical (unpaired) electrons. The number of hydrogen-bond donors (Lipinski definition) is 0. The lowest BCUT2D eigenvalue weighted by atomic mass is 10.2. The van der Waals surface area contributed by atoms with E-state index in [4.69, 9.17) is 9.47 Å². The first-order valence-electron chi connectivity index (χ1n) is 8.37. The van der Waals surface area contributed by atoms with Gasteiger partial charge in [-0.25, -0.2) is 4.79 Å². The topological polar surface area (TPSA) is 35.5 Å². The van der Waals surface area contributed by atoms with E-state index in [0.717, 1.165) is 4.90 Å². The highest BCUT2D eigenvalue weighted by Gasteiger charge is 2.29. The third-order valence-corrected chi connectivity index (χ3v) is 6.08. The van der Waals surface area contributed by atoms with Crippen molar-refractivity contribution in [3.8, 4) is 0 Å². The quantitative estimate of drug-likeness (QED) is 0.353. The summed E-state index contributed by atoms with van der Waals surface area (Å²) in [7, 11) is 1.22. The number of benzene rings is 3. The third-order valence-electron chi connectivity index (χ3n) is 3.87. The van der Waals surface area contributed by atoms with Crippen LogP contribution < -0.4 is 0 Å². The van der Waals surface area contributed by atoms with Crippen molar-refractivity contribution in [2.75, 3.05) is 7.11 Å². The molecule has 0 aliphatic rings. The van der Waals surface area contributed by atoms with Crippen LogP contribution in [0, 0.1) is 0 Å². The van der Waals surface area contributed by atoms with Crippen molar-refractivity contribution in [1.29, 1.82) is 0 Å². The minimum absolute atomic E-state index is 0.295. The van der Waals surface area contributed by atoms with Gasteiger partial charge >= 0.3 is 5.97 Å². The van der Waals surface area contributed by atoms with Gasteiger partial charge in [-0.3, -0.25) is 0 Å². The molecule has 0 heterocycles. The van der Waals surface area contributed by atoms with Crippen molar-refractivity contribution in [3.63, 3.8) is 0 Å². The molecule has 0 bridgehead atoms. The van der Waals surface area contributed by atoms with Crippen LogP contribution >= 0.6 is 0 Å². The molecule has 1 unspecified atom stereocenters. The predicted octanol–water partition coefficient (Wildman–Crippen LogP) is 4.93. The molecule has 132 valence electrons. The fourth-order valence-electron chi connectivity index (χ4n) is 2.54. The van der Waals surface area contributed by atoms with E-state index < -0.39 is 6.29 Å². The zero-order chi connectivity index (χ0) is 18.4. The molecule has 26 heavy (non-hydrogen) atoms. The second-order valence-electron chi connectivity index (χ2n) is 5.67. The van der Waals surface area contributed by atoms with Gasteiger partial charge in [-0.15, -0.1) is 0 Å². The van der Waals surface area contributed by atoms with Crippen LogP contribution in [0.4, 0.5) is 0 Å². The van der Waals surface area contributed by atoms with E-state index in [0.29, 0.717) is 5.56 Å². The van der Waals surface area contributed by atoms with Crippen LogP contribution in [0.5, 0.6) is 0 Å². The molecular formula is C22H21O3S+. The highest BCUT2D eigenvalue weighted by molar-refractivity contribution is 7.97. The van der Waals surface area contributed by atoms with Crippen molar-refractivity contribution in [2.24, 2.45) is 0 Å². The van der Waals surface area contributed by atoms with Crippen LogP contribution in [-0.4, -0.2) is 19.4 Å². The summed E-state index contributed by atoms with van der Waals surface area (Å²) in [4.78, 5) is 15.8. The Kier molecular flexibility index (Phi) is 6.10. The Morgan fingerprint density at radius 3 is 1.88 bits per heavy atom. The predicted molar refractivity (Wildman–Crippen MR) is 103 cm³/mol. The Morgan fingerprint density at radius 2 is 1.35 bits per heavy atom. The lowest BCUT2D eigenvalue weighted by Gasteiger charge is -2.12. The molecule has 0 saturated carbocycles. The van der Waals surface area contributed by atoms with E-state index in [1.165, 1.54) is 16.9 Å². The third kappa shape index (κ3) is 4.34. The number of ether oxygens (including phenoxy) is 2. The van der Waals surface area contributed by atoms with Gasteiger partial charge in [-0.05, 0) is 43.3 Å². The van der Waals surface area contributed by atoms with E-state index in [1.54, 1.807) is 13.0 Å². The zero-order valence-electron chi connectivity index (χ0n) is 14.8. The van der Waals surface area contributed by atoms with Gasteiger partial charge in [0, 0.05) is 13.2 Å². The van der Waals surface area contributed by atoms with Gasteiger partial charge in [0.05, 0.1) is 16.5 Å². The summed E-state index contributed by atoms with van der Waals surface area (Å²) in [6.07, 6.45) is -0.576. The van der Waals surface area contributed by atoms with E-state index >= 15 is 0 Å². The summed E-state index contributed by atoms with van der Waals surface area (Å²) in [5.74, 6) is -0.383. The fourth-order valence-corrected chi connectivity index (χ4v) is 4.67. The lowest BCUT2D eigenvalue weighted by Crippen LogP contribution is -2.17. The zero-order valence-corrected chi connectivity index (χ0v) is 15.6. The molecule has 0 aliphatic carbocycles. The summed E-state index contributed by atoms with van der Waals surface area (Å²) < 4.78 is 10.3. The Bertz CT molecular complexity index is 810. The smallest absolute Gasteiger partial charge is 0.340 e. The second kappa shape index (κ2) is 8.70. The molecule has 3 aromatic carbocycles. The molecule has 0 amide bonds. The van der Waals surface area contributed by atoms with Crippen LogP contribution in [0.1, 0.15) is 17.3 Å². The van der Waals surface area contributed by atoms with Gasteiger partial charge in [0.15, 0.2) is 21.0 Å². The Balaban J connectivity index is 2.00. The van der Waals surface area contributed by atoms with Gasteiger partial charge in [-0.1, -0.05) is 42.5 Å². The minimum atomic E-state index is -0.576. The summed E-state index contributed by atoms with van der Waals surface area (Å²) in [6.45, 7) is 1.69. The molecule has 3 aromatic rings. The van der Waals surface area contributed by atoms with Gasteiger partial charge in [0.1, 0.15) is 0 Å². The van der Waals surface area contributed by atoms with Gasteiger partial charge in [0.2, 0.25) is 0 Å². The summed E-state index contributed by atoms with van der Waals surface area (Å²) in [5, 5.41) is 0.